The van der Waals surface area contributed by atoms with Crippen LogP contribution in [0.3, 0.4) is 0 Å². The summed E-state index contributed by atoms with van der Waals surface area (Å²) in [5, 5.41) is 1.42. The Kier molecular flexibility index (Phi) is 2.14. The highest BCUT2D eigenvalue weighted by Crippen LogP contribution is 2.22. The van der Waals surface area contributed by atoms with Gasteiger partial charge in [-0.2, -0.15) is 0 Å². The van der Waals surface area contributed by atoms with Gasteiger partial charge >= 0.3 is 0 Å². The first-order chi connectivity index (χ1) is 5.79. The van der Waals surface area contributed by atoms with Crippen molar-refractivity contribution in [1.82, 2.24) is 9.97 Å². The van der Waals surface area contributed by atoms with E-state index in [0.717, 1.165) is 14.5 Å². The minimum atomic E-state index is 0.513. The number of rotatable bonds is 0. The molecule has 0 atom stereocenters. The fourth-order valence-corrected chi connectivity index (χ4v) is 1.78. The maximum atomic E-state index is 5.87. The van der Waals surface area contributed by atoms with E-state index in [0.29, 0.717) is 5.15 Å². The molecule has 0 saturated carbocycles. The van der Waals surface area contributed by atoms with Crippen LogP contribution in [0.5, 0.6) is 0 Å². The summed E-state index contributed by atoms with van der Waals surface area (Å²) in [6.07, 6.45) is 3.47. The van der Waals surface area contributed by atoms with E-state index in [1.807, 2.05) is 12.1 Å². The number of halogens is 2. The zero-order valence-electron chi connectivity index (χ0n) is 5.96. The summed E-state index contributed by atoms with van der Waals surface area (Å²) in [6, 6.07) is 3.77. The topological polar surface area (TPSA) is 25.8 Å². The third-order valence-corrected chi connectivity index (χ3v) is 2.64. The smallest absolute Gasteiger partial charge is 0.138 e. The number of fused-ring (bicyclic) bond motifs is 1. The Morgan fingerprint density at radius 3 is 2.92 bits per heavy atom. The molecule has 0 aliphatic heterocycles. The summed E-state index contributed by atoms with van der Waals surface area (Å²) in [5.74, 6) is 0. The van der Waals surface area contributed by atoms with Gasteiger partial charge in [0.15, 0.2) is 0 Å². The van der Waals surface area contributed by atoms with Crippen LogP contribution in [-0.2, 0) is 0 Å². The first-order valence-corrected chi connectivity index (χ1v) is 4.79. The summed E-state index contributed by atoms with van der Waals surface area (Å²) >= 11 is 8.07. The van der Waals surface area contributed by atoms with Crippen molar-refractivity contribution in [3.8, 4) is 0 Å². The van der Waals surface area contributed by atoms with Gasteiger partial charge in [0.1, 0.15) is 5.15 Å². The minimum absolute atomic E-state index is 0.513. The van der Waals surface area contributed by atoms with E-state index in [4.69, 9.17) is 11.6 Å². The van der Waals surface area contributed by atoms with E-state index in [1.54, 1.807) is 12.4 Å². The van der Waals surface area contributed by atoms with Crippen molar-refractivity contribution >= 4 is 45.1 Å². The predicted molar refractivity (Wildman–Crippen MR) is 57.3 cm³/mol. The number of pyridine rings is 2. The number of aromatic nitrogens is 2. The molecule has 2 nitrogen and oxygen atoms in total. The Labute approximate surface area is 88.1 Å². The summed E-state index contributed by atoms with van der Waals surface area (Å²) in [5.41, 5.74) is 0.915. The van der Waals surface area contributed by atoms with Gasteiger partial charge in [0.25, 0.3) is 0 Å². The van der Waals surface area contributed by atoms with Crippen LogP contribution in [-0.4, -0.2) is 9.97 Å². The average Bonchev–Trinajstić information content (AvgIpc) is 2.12. The molecule has 2 rings (SSSR count). The molecule has 12 heavy (non-hydrogen) atoms. The summed E-state index contributed by atoms with van der Waals surface area (Å²) in [7, 11) is 0. The van der Waals surface area contributed by atoms with E-state index < -0.39 is 0 Å². The summed E-state index contributed by atoms with van der Waals surface area (Å²) < 4.78 is 1.02. The molecule has 0 aromatic carbocycles. The Morgan fingerprint density at radius 2 is 2.17 bits per heavy atom. The SMILES string of the molecule is Clc1ncc(I)c2ncccc12. The third-order valence-electron chi connectivity index (χ3n) is 1.55. The zero-order valence-corrected chi connectivity index (χ0v) is 8.87. The van der Waals surface area contributed by atoms with Crippen molar-refractivity contribution in [3.05, 3.63) is 33.2 Å². The molecule has 0 bridgehead atoms. The Bertz CT molecular complexity index is 390. The molecule has 0 aliphatic carbocycles. The second-order valence-electron chi connectivity index (χ2n) is 2.30. The molecule has 2 aromatic heterocycles. The van der Waals surface area contributed by atoms with E-state index >= 15 is 0 Å². The van der Waals surface area contributed by atoms with Gasteiger partial charge in [-0.15, -0.1) is 0 Å². The normalized spacial score (nSPS) is 10.5. The maximum absolute atomic E-state index is 5.87. The molecule has 2 heterocycles. The molecule has 0 amide bonds. The van der Waals surface area contributed by atoms with Gasteiger partial charge in [0.05, 0.1) is 9.09 Å². The van der Waals surface area contributed by atoms with Gasteiger partial charge in [0.2, 0.25) is 0 Å². The lowest BCUT2D eigenvalue weighted by atomic mass is 10.3. The molecule has 0 radical (unpaired) electrons. The molecule has 0 spiro atoms. The molecule has 0 saturated heterocycles. The fraction of sp³-hybridized carbons (Fsp3) is 0. The van der Waals surface area contributed by atoms with Crippen molar-refractivity contribution < 1.29 is 0 Å². The van der Waals surface area contributed by atoms with Crippen LogP contribution in [0.15, 0.2) is 24.5 Å². The van der Waals surface area contributed by atoms with Crippen LogP contribution in [0, 0.1) is 3.57 Å². The second kappa shape index (κ2) is 3.14. The zero-order chi connectivity index (χ0) is 8.55. The van der Waals surface area contributed by atoms with Crippen LogP contribution in [0.25, 0.3) is 10.9 Å². The van der Waals surface area contributed by atoms with Crippen molar-refractivity contribution in [2.24, 2.45) is 0 Å². The number of hydrogen-bond donors (Lipinski definition) is 0. The van der Waals surface area contributed by atoms with Crippen LogP contribution >= 0.6 is 34.2 Å². The van der Waals surface area contributed by atoms with Crippen LogP contribution in [0.2, 0.25) is 5.15 Å². The highest BCUT2D eigenvalue weighted by atomic mass is 127. The van der Waals surface area contributed by atoms with Crippen molar-refractivity contribution in [2.75, 3.05) is 0 Å². The van der Waals surface area contributed by atoms with E-state index in [-0.39, 0.29) is 0 Å². The van der Waals surface area contributed by atoms with Gasteiger partial charge < -0.3 is 0 Å². The van der Waals surface area contributed by atoms with Crippen molar-refractivity contribution in [2.45, 2.75) is 0 Å². The largest absolute Gasteiger partial charge is 0.255 e. The summed E-state index contributed by atoms with van der Waals surface area (Å²) in [4.78, 5) is 8.23. The molecule has 0 aliphatic rings. The molecule has 2 aromatic rings. The van der Waals surface area contributed by atoms with Crippen LogP contribution in [0.1, 0.15) is 0 Å². The predicted octanol–water partition coefficient (Wildman–Crippen LogP) is 2.89. The highest BCUT2D eigenvalue weighted by Gasteiger charge is 2.02. The maximum Gasteiger partial charge on any atom is 0.138 e. The lowest BCUT2D eigenvalue weighted by molar-refractivity contribution is 1.30. The van der Waals surface area contributed by atoms with E-state index in [2.05, 4.69) is 32.6 Å². The van der Waals surface area contributed by atoms with Gasteiger partial charge in [-0.3, -0.25) is 4.98 Å². The lowest BCUT2D eigenvalue weighted by Gasteiger charge is -1.99. The van der Waals surface area contributed by atoms with Crippen LogP contribution in [0.4, 0.5) is 0 Å². The molecule has 0 N–H and O–H groups in total. The van der Waals surface area contributed by atoms with Gasteiger partial charge in [-0.1, -0.05) is 11.6 Å². The standard InChI is InChI=1S/C8H4ClIN2/c9-8-5-2-1-3-11-7(5)6(10)4-12-8/h1-4H. The molecular weight excluding hydrogens is 286 g/mol. The van der Waals surface area contributed by atoms with Gasteiger partial charge in [0, 0.05) is 17.8 Å². The minimum Gasteiger partial charge on any atom is -0.255 e. The molecule has 4 heteroatoms. The monoisotopic (exact) mass is 290 g/mol. The summed E-state index contributed by atoms with van der Waals surface area (Å²) in [6.45, 7) is 0. The third kappa shape index (κ3) is 1.27. The highest BCUT2D eigenvalue weighted by molar-refractivity contribution is 14.1. The molecule has 0 unspecified atom stereocenters. The fourth-order valence-electron chi connectivity index (χ4n) is 1.01. The Morgan fingerprint density at radius 1 is 1.33 bits per heavy atom. The van der Waals surface area contributed by atoms with Crippen molar-refractivity contribution in [1.29, 1.82) is 0 Å². The first-order valence-electron chi connectivity index (χ1n) is 3.34. The number of nitrogens with zero attached hydrogens (tertiary/aromatic N) is 2. The Hall–Kier alpha value is -0.420. The second-order valence-corrected chi connectivity index (χ2v) is 3.82. The van der Waals surface area contributed by atoms with E-state index in [1.165, 1.54) is 0 Å². The van der Waals surface area contributed by atoms with E-state index in [9.17, 15) is 0 Å². The average molecular weight is 290 g/mol. The van der Waals surface area contributed by atoms with Crippen molar-refractivity contribution in [3.63, 3.8) is 0 Å². The molecule has 60 valence electrons. The van der Waals surface area contributed by atoms with Gasteiger partial charge in [-0.25, -0.2) is 4.98 Å². The quantitative estimate of drug-likeness (QED) is 0.551. The van der Waals surface area contributed by atoms with Crippen LogP contribution < -0.4 is 0 Å². The number of hydrogen-bond acceptors (Lipinski definition) is 2. The van der Waals surface area contributed by atoms with Gasteiger partial charge in [-0.05, 0) is 34.7 Å². The molecular formula is C8H4ClIN2. The molecule has 0 fully saturated rings. The Balaban J connectivity index is 2.95. The lowest BCUT2D eigenvalue weighted by Crippen LogP contribution is -1.85. The first kappa shape index (κ1) is 8.19.